The predicted octanol–water partition coefficient (Wildman–Crippen LogP) is 0.512. The van der Waals surface area contributed by atoms with Gasteiger partial charge >= 0.3 is 17.8 Å². The van der Waals surface area contributed by atoms with E-state index in [2.05, 4.69) is 5.32 Å². The summed E-state index contributed by atoms with van der Waals surface area (Å²) in [5.41, 5.74) is 0.760. The fourth-order valence-corrected chi connectivity index (χ4v) is 2.35. The Labute approximate surface area is 139 Å². The molecule has 0 aliphatic carbocycles. The summed E-state index contributed by atoms with van der Waals surface area (Å²) in [5, 5.41) is 2.61. The fraction of sp³-hybridized carbons (Fsp3) is 0.375. The van der Waals surface area contributed by atoms with Gasteiger partial charge in [-0.05, 0) is 12.5 Å². The molecular formula is C16H19N3O5. The van der Waals surface area contributed by atoms with E-state index in [9.17, 15) is 19.2 Å². The number of nitrogens with one attached hydrogen (secondary N) is 1. The molecule has 5 amide bonds. The maximum atomic E-state index is 12.0. The molecule has 128 valence electrons. The standard InChI is InChI=1S/C16H19N3O5/c1-3-8-18-14(21)15(22)19(16(18)23)10-13(20)17-9-11-6-4-5-7-12(11)24-2/h4-7H,3,8-10H2,1-2H3,(H,17,20). The SMILES string of the molecule is CCCN1C(=O)C(=O)N(CC(=O)NCc2ccccc2OC)C1=O. The lowest BCUT2D eigenvalue weighted by atomic mass is 10.2. The lowest BCUT2D eigenvalue weighted by Gasteiger charge is -2.15. The number of carbonyl (C=O) groups excluding carboxylic acids is 4. The van der Waals surface area contributed by atoms with Gasteiger partial charge in [0.1, 0.15) is 12.3 Å². The molecule has 1 heterocycles. The topological polar surface area (TPSA) is 96.0 Å². The van der Waals surface area contributed by atoms with E-state index in [1.54, 1.807) is 31.2 Å². The van der Waals surface area contributed by atoms with Gasteiger partial charge in [0.2, 0.25) is 5.91 Å². The third-order valence-corrected chi connectivity index (χ3v) is 3.55. The van der Waals surface area contributed by atoms with Crippen molar-refractivity contribution >= 4 is 23.8 Å². The quantitative estimate of drug-likeness (QED) is 0.579. The van der Waals surface area contributed by atoms with Crippen molar-refractivity contribution in [2.75, 3.05) is 20.2 Å². The van der Waals surface area contributed by atoms with Crippen LogP contribution in [0.15, 0.2) is 24.3 Å². The Bertz CT molecular complexity index is 673. The average molecular weight is 333 g/mol. The van der Waals surface area contributed by atoms with E-state index in [4.69, 9.17) is 4.74 Å². The molecule has 0 aromatic heterocycles. The second kappa shape index (κ2) is 7.58. The van der Waals surface area contributed by atoms with E-state index in [1.807, 2.05) is 0 Å². The number of nitrogens with zero attached hydrogens (tertiary/aromatic N) is 2. The van der Waals surface area contributed by atoms with Crippen LogP contribution >= 0.6 is 0 Å². The second-order valence-electron chi connectivity index (χ2n) is 5.22. The van der Waals surface area contributed by atoms with Crippen LogP contribution < -0.4 is 10.1 Å². The number of carbonyl (C=O) groups is 4. The molecule has 0 unspecified atom stereocenters. The van der Waals surface area contributed by atoms with E-state index < -0.39 is 30.3 Å². The van der Waals surface area contributed by atoms with Crippen LogP contribution in [0.25, 0.3) is 0 Å². The number of urea groups is 1. The molecule has 1 saturated heterocycles. The molecule has 1 aromatic rings. The minimum Gasteiger partial charge on any atom is -0.496 e. The van der Waals surface area contributed by atoms with Crippen LogP contribution in [-0.2, 0) is 20.9 Å². The van der Waals surface area contributed by atoms with Crippen molar-refractivity contribution in [2.24, 2.45) is 0 Å². The number of rotatable bonds is 7. The van der Waals surface area contributed by atoms with Crippen molar-refractivity contribution in [1.82, 2.24) is 15.1 Å². The molecule has 0 radical (unpaired) electrons. The van der Waals surface area contributed by atoms with Gasteiger partial charge in [0.25, 0.3) is 0 Å². The van der Waals surface area contributed by atoms with Crippen LogP contribution in [0.2, 0.25) is 0 Å². The number of benzene rings is 1. The molecule has 0 bridgehead atoms. The van der Waals surface area contributed by atoms with Gasteiger partial charge in [0.15, 0.2) is 0 Å². The molecule has 0 saturated carbocycles. The summed E-state index contributed by atoms with van der Waals surface area (Å²) in [7, 11) is 1.52. The maximum absolute atomic E-state index is 12.0. The molecule has 8 nitrogen and oxygen atoms in total. The normalized spacial score (nSPS) is 14.3. The van der Waals surface area contributed by atoms with Crippen molar-refractivity contribution in [1.29, 1.82) is 0 Å². The van der Waals surface area contributed by atoms with Gasteiger partial charge in [-0.3, -0.25) is 19.3 Å². The van der Waals surface area contributed by atoms with E-state index in [0.717, 1.165) is 10.5 Å². The second-order valence-corrected chi connectivity index (χ2v) is 5.22. The monoisotopic (exact) mass is 333 g/mol. The van der Waals surface area contributed by atoms with E-state index in [0.29, 0.717) is 17.1 Å². The highest BCUT2D eigenvalue weighted by Crippen LogP contribution is 2.17. The maximum Gasteiger partial charge on any atom is 0.334 e. The number of hydrogen-bond acceptors (Lipinski definition) is 5. The Morgan fingerprint density at radius 3 is 2.46 bits per heavy atom. The van der Waals surface area contributed by atoms with Crippen molar-refractivity contribution in [3.8, 4) is 5.75 Å². The minimum absolute atomic E-state index is 0.155. The van der Waals surface area contributed by atoms with Gasteiger partial charge in [-0.1, -0.05) is 25.1 Å². The van der Waals surface area contributed by atoms with Crippen LogP contribution in [0.5, 0.6) is 5.75 Å². The smallest absolute Gasteiger partial charge is 0.334 e. The van der Waals surface area contributed by atoms with E-state index in [1.165, 1.54) is 7.11 Å². The van der Waals surface area contributed by atoms with Crippen LogP contribution in [-0.4, -0.2) is 53.8 Å². The van der Waals surface area contributed by atoms with Crippen LogP contribution in [0.3, 0.4) is 0 Å². The summed E-state index contributed by atoms with van der Waals surface area (Å²) in [6, 6.07) is 6.41. The van der Waals surface area contributed by atoms with Crippen molar-refractivity contribution < 1.29 is 23.9 Å². The van der Waals surface area contributed by atoms with Crippen LogP contribution in [0, 0.1) is 0 Å². The Balaban J connectivity index is 1.96. The minimum atomic E-state index is -0.971. The summed E-state index contributed by atoms with van der Waals surface area (Å²) in [5.74, 6) is -1.77. The first-order valence-corrected chi connectivity index (χ1v) is 7.55. The first-order valence-electron chi connectivity index (χ1n) is 7.55. The highest BCUT2D eigenvalue weighted by Gasteiger charge is 2.44. The summed E-state index contributed by atoms with van der Waals surface area (Å²) < 4.78 is 5.18. The highest BCUT2D eigenvalue weighted by atomic mass is 16.5. The molecule has 8 heteroatoms. The molecule has 1 aromatic carbocycles. The molecule has 2 rings (SSSR count). The van der Waals surface area contributed by atoms with Gasteiger partial charge < -0.3 is 10.1 Å². The van der Waals surface area contributed by atoms with Gasteiger partial charge in [-0.25, -0.2) is 9.69 Å². The zero-order valence-corrected chi connectivity index (χ0v) is 13.6. The number of methoxy groups -OCH3 is 1. The molecule has 24 heavy (non-hydrogen) atoms. The highest BCUT2D eigenvalue weighted by molar-refractivity contribution is 6.45. The van der Waals surface area contributed by atoms with Gasteiger partial charge in [-0.15, -0.1) is 0 Å². The lowest BCUT2D eigenvalue weighted by Crippen LogP contribution is -2.41. The zero-order valence-electron chi connectivity index (χ0n) is 13.6. The third-order valence-electron chi connectivity index (χ3n) is 3.55. The van der Waals surface area contributed by atoms with Crippen LogP contribution in [0.1, 0.15) is 18.9 Å². The van der Waals surface area contributed by atoms with Crippen molar-refractivity contribution in [3.63, 3.8) is 0 Å². The van der Waals surface area contributed by atoms with Crippen molar-refractivity contribution in [3.05, 3.63) is 29.8 Å². The molecular weight excluding hydrogens is 314 g/mol. The number of ether oxygens (including phenoxy) is 1. The third kappa shape index (κ3) is 3.53. The molecule has 1 N–H and O–H groups in total. The Morgan fingerprint density at radius 2 is 1.79 bits per heavy atom. The van der Waals surface area contributed by atoms with Gasteiger partial charge in [-0.2, -0.15) is 0 Å². The molecule has 1 aliphatic rings. The molecule has 0 atom stereocenters. The van der Waals surface area contributed by atoms with Crippen LogP contribution in [0.4, 0.5) is 4.79 Å². The summed E-state index contributed by atoms with van der Waals surface area (Å²) in [6.45, 7) is 1.64. The fourth-order valence-electron chi connectivity index (χ4n) is 2.35. The Hall–Kier alpha value is -2.90. The number of para-hydroxylation sites is 1. The van der Waals surface area contributed by atoms with E-state index >= 15 is 0 Å². The number of imide groups is 2. The average Bonchev–Trinajstić information content (AvgIpc) is 2.78. The number of amides is 5. The molecule has 1 aliphatic heterocycles. The predicted molar refractivity (Wildman–Crippen MR) is 84.0 cm³/mol. The summed E-state index contributed by atoms with van der Waals surface area (Å²) in [4.78, 5) is 49.1. The van der Waals surface area contributed by atoms with E-state index in [-0.39, 0.29) is 13.1 Å². The molecule has 1 fully saturated rings. The Morgan fingerprint density at radius 1 is 1.12 bits per heavy atom. The summed E-state index contributed by atoms with van der Waals surface area (Å²) in [6.07, 6.45) is 0.540. The summed E-state index contributed by atoms with van der Waals surface area (Å²) >= 11 is 0. The van der Waals surface area contributed by atoms with Crippen molar-refractivity contribution in [2.45, 2.75) is 19.9 Å². The zero-order chi connectivity index (χ0) is 17.7. The van der Waals surface area contributed by atoms with Gasteiger partial charge in [0.05, 0.1) is 7.11 Å². The van der Waals surface area contributed by atoms with Gasteiger partial charge in [0, 0.05) is 18.7 Å². The first-order chi connectivity index (χ1) is 11.5. The number of hydrogen-bond donors (Lipinski definition) is 1. The molecule has 0 spiro atoms. The largest absolute Gasteiger partial charge is 0.496 e. The Kier molecular flexibility index (Phi) is 5.51. The lowest BCUT2D eigenvalue weighted by molar-refractivity contribution is -0.144. The first kappa shape index (κ1) is 17.5.